The molecule has 12 atom stereocenters. The van der Waals surface area contributed by atoms with Crippen LogP contribution in [0.2, 0.25) is 0 Å². The lowest BCUT2D eigenvalue weighted by molar-refractivity contribution is -0.240. The van der Waals surface area contributed by atoms with Gasteiger partial charge in [-0.3, -0.25) is 4.79 Å². The minimum Gasteiger partial charge on any atom is -0.456 e. The Morgan fingerprint density at radius 2 is 1.58 bits per heavy atom. The normalized spacial score (nSPS) is 61.0. The summed E-state index contributed by atoms with van der Waals surface area (Å²) in [6.07, 6.45) is -9.69. The molecule has 170 valence electrons. The highest BCUT2D eigenvalue weighted by atomic mass is 16.8. The average molecular weight is 440 g/mol. The zero-order chi connectivity index (χ0) is 22.7. The van der Waals surface area contributed by atoms with E-state index in [0.29, 0.717) is 0 Å². The van der Waals surface area contributed by atoms with Crippen molar-refractivity contribution in [2.45, 2.75) is 75.7 Å². The Hall–Kier alpha value is -1.79. The van der Waals surface area contributed by atoms with Crippen LogP contribution in [0, 0.1) is 28.1 Å². The van der Waals surface area contributed by atoms with Crippen LogP contribution in [0.1, 0.15) is 27.7 Å². The summed E-state index contributed by atoms with van der Waals surface area (Å²) in [7, 11) is 0. The fourth-order valence-corrected chi connectivity index (χ4v) is 8.27. The molecule has 2 saturated carbocycles. The second-order valence-electron chi connectivity index (χ2n) is 10.8. The van der Waals surface area contributed by atoms with Crippen LogP contribution >= 0.6 is 0 Å². The molecule has 4 aliphatic heterocycles. The average Bonchev–Trinajstić information content (AvgIpc) is 3.35. The van der Waals surface area contributed by atoms with Crippen LogP contribution in [0.25, 0.3) is 0 Å². The van der Waals surface area contributed by atoms with E-state index in [2.05, 4.69) is 0 Å². The van der Waals surface area contributed by atoms with Crippen molar-refractivity contribution in [1.29, 1.82) is 0 Å². The topological polar surface area (TPSA) is 169 Å². The molecule has 6 aliphatic rings. The van der Waals surface area contributed by atoms with Crippen molar-refractivity contribution < 1.29 is 53.8 Å². The lowest BCUT2D eigenvalue weighted by Gasteiger charge is -2.47. The lowest BCUT2D eigenvalue weighted by atomic mass is 9.51. The van der Waals surface area contributed by atoms with E-state index in [1.54, 1.807) is 20.8 Å². The summed E-state index contributed by atoms with van der Waals surface area (Å²) in [4.78, 5) is 38.3. The van der Waals surface area contributed by atoms with E-state index in [1.165, 1.54) is 6.92 Å². The van der Waals surface area contributed by atoms with Crippen LogP contribution in [0.15, 0.2) is 0 Å². The summed E-state index contributed by atoms with van der Waals surface area (Å²) >= 11 is 0. The third-order valence-electron chi connectivity index (χ3n) is 8.95. The molecule has 0 aromatic rings. The molecule has 0 bridgehead atoms. The Morgan fingerprint density at radius 1 is 0.935 bits per heavy atom. The molecule has 11 nitrogen and oxygen atoms in total. The zero-order valence-electron chi connectivity index (χ0n) is 17.3. The standard InChI is InChI=1S/C20H24O11/c1-5-12(24)28-11-8(22)18-10-6(21)7(16(2,3)4)17(18)9(23)13(25)30-15(17)31-20(18,14(26)29-10)19(5,11)27/h5-11,15,21-23,27H,1-4H3/t5-,6-,7+,8+,9?,10-,11+,15+,17?,18?,19-,20-/m1/s1. The first-order valence-corrected chi connectivity index (χ1v) is 10.3. The van der Waals surface area contributed by atoms with Gasteiger partial charge in [-0.1, -0.05) is 20.8 Å². The molecular weight excluding hydrogens is 416 g/mol. The van der Waals surface area contributed by atoms with Crippen molar-refractivity contribution in [3.05, 3.63) is 0 Å². The van der Waals surface area contributed by atoms with Crippen molar-refractivity contribution in [1.82, 2.24) is 0 Å². The summed E-state index contributed by atoms with van der Waals surface area (Å²) < 4.78 is 22.2. The number of hydrogen-bond acceptors (Lipinski definition) is 11. The van der Waals surface area contributed by atoms with Crippen LogP contribution in [-0.2, 0) is 33.3 Å². The molecule has 0 aromatic heterocycles. The van der Waals surface area contributed by atoms with E-state index in [-0.39, 0.29) is 0 Å². The summed E-state index contributed by atoms with van der Waals surface area (Å²) in [5.74, 6) is -5.22. The molecule has 31 heavy (non-hydrogen) atoms. The molecule has 3 unspecified atom stereocenters. The van der Waals surface area contributed by atoms with E-state index in [1.807, 2.05) is 0 Å². The Labute approximate surface area is 176 Å². The summed E-state index contributed by atoms with van der Waals surface area (Å²) in [6.45, 7) is 6.63. The third kappa shape index (κ3) is 1.43. The van der Waals surface area contributed by atoms with E-state index >= 15 is 0 Å². The molecule has 2 spiro atoms. The van der Waals surface area contributed by atoms with E-state index in [9.17, 15) is 34.8 Å². The number of carbonyl (C=O) groups excluding carboxylic acids is 3. The van der Waals surface area contributed by atoms with Crippen LogP contribution < -0.4 is 0 Å². The number of fused-ring (bicyclic) bond motifs is 1. The molecule has 11 heteroatoms. The van der Waals surface area contributed by atoms with E-state index in [4.69, 9.17) is 18.9 Å². The first kappa shape index (κ1) is 19.9. The van der Waals surface area contributed by atoms with Gasteiger partial charge >= 0.3 is 17.9 Å². The van der Waals surface area contributed by atoms with Crippen molar-refractivity contribution in [3.63, 3.8) is 0 Å². The summed E-state index contributed by atoms with van der Waals surface area (Å²) in [6, 6.07) is 0. The molecule has 4 saturated heterocycles. The van der Waals surface area contributed by atoms with Crippen LogP contribution in [0.4, 0.5) is 0 Å². The Kier molecular flexibility index (Phi) is 3.15. The number of aliphatic hydroxyl groups is 4. The van der Waals surface area contributed by atoms with Gasteiger partial charge in [-0.05, 0) is 12.3 Å². The molecule has 0 radical (unpaired) electrons. The highest BCUT2D eigenvalue weighted by Gasteiger charge is 3.05. The van der Waals surface area contributed by atoms with Crippen molar-refractivity contribution in [2.75, 3.05) is 0 Å². The van der Waals surface area contributed by atoms with E-state index in [0.717, 1.165) is 0 Å². The van der Waals surface area contributed by atoms with Gasteiger partial charge < -0.3 is 39.4 Å². The molecule has 6 rings (SSSR count). The summed E-state index contributed by atoms with van der Waals surface area (Å²) in [5.41, 5.74) is -9.40. The molecule has 0 amide bonds. The fraction of sp³-hybridized carbons (Fsp3) is 0.850. The lowest BCUT2D eigenvalue weighted by Crippen LogP contribution is -2.67. The maximum absolute atomic E-state index is 13.4. The minimum atomic E-state index is -2.40. The quantitative estimate of drug-likeness (QED) is 0.234. The number of rotatable bonds is 0. The number of hydrogen-bond donors (Lipinski definition) is 4. The summed E-state index contributed by atoms with van der Waals surface area (Å²) in [5, 5.41) is 46.1. The monoisotopic (exact) mass is 440 g/mol. The van der Waals surface area contributed by atoms with Gasteiger partial charge in [0, 0.05) is 5.92 Å². The SMILES string of the molecule is C[C@@H]1C(=O)O[C@H]2[C@H](O)C34[C@@H]5OC(=O)[C@]3(O[C@@H]3OC(=O)C(O)C34[C@H](C(C)(C)C)[C@H]5O)[C@@]12O. The predicted octanol–water partition coefficient (Wildman–Crippen LogP) is -2.40. The van der Waals surface area contributed by atoms with Crippen LogP contribution in [0.5, 0.6) is 0 Å². The van der Waals surface area contributed by atoms with Gasteiger partial charge in [0.15, 0.2) is 17.8 Å². The minimum absolute atomic E-state index is 0.792. The number of aliphatic hydroxyl groups excluding tert-OH is 3. The van der Waals surface area contributed by atoms with Gasteiger partial charge in [-0.25, -0.2) is 9.59 Å². The number of esters is 3. The number of ether oxygens (including phenoxy) is 4. The Balaban J connectivity index is 1.75. The Morgan fingerprint density at radius 3 is 2.19 bits per heavy atom. The predicted molar refractivity (Wildman–Crippen MR) is 93.4 cm³/mol. The second kappa shape index (κ2) is 4.91. The fourth-order valence-electron chi connectivity index (χ4n) is 8.27. The highest BCUT2D eigenvalue weighted by molar-refractivity contribution is 5.94. The van der Waals surface area contributed by atoms with E-state index < -0.39 is 94.0 Å². The van der Waals surface area contributed by atoms with Crippen LogP contribution in [0.3, 0.4) is 0 Å². The second-order valence-corrected chi connectivity index (χ2v) is 10.8. The highest BCUT2D eigenvalue weighted by Crippen LogP contribution is 2.84. The van der Waals surface area contributed by atoms with Gasteiger partial charge in [-0.15, -0.1) is 0 Å². The first-order valence-electron chi connectivity index (χ1n) is 10.3. The molecule has 0 aromatic carbocycles. The molecule has 2 aliphatic carbocycles. The van der Waals surface area contributed by atoms with Gasteiger partial charge in [0.1, 0.15) is 12.2 Å². The first-order chi connectivity index (χ1) is 14.3. The van der Waals surface area contributed by atoms with Crippen molar-refractivity contribution in [2.24, 2.45) is 28.1 Å². The van der Waals surface area contributed by atoms with Crippen molar-refractivity contribution in [3.8, 4) is 0 Å². The number of carbonyl (C=O) groups is 3. The van der Waals surface area contributed by atoms with Crippen LogP contribution in [-0.4, -0.2) is 86.3 Å². The maximum atomic E-state index is 13.4. The van der Waals surface area contributed by atoms with Gasteiger partial charge in [0.25, 0.3) is 0 Å². The molecular formula is C20H24O11. The Bertz CT molecular complexity index is 957. The largest absolute Gasteiger partial charge is 0.456 e. The maximum Gasteiger partial charge on any atom is 0.343 e. The third-order valence-corrected chi connectivity index (χ3v) is 8.95. The smallest absolute Gasteiger partial charge is 0.343 e. The van der Waals surface area contributed by atoms with Gasteiger partial charge in [0.05, 0.1) is 22.9 Å². The van der Waals surface area contributed by atoms with Crippen molar-refractivity contribution >= 4 is 17.9 Å². The van der Waals surface area contributed by atoms with Gasteiger partial charge in [0.2, 0.25) is 11.9 Å². The molecule has 6 fully saturated rings. The molecule has 4 heterocycles. The zero-order valence-corrected chi connectivity index (χ0v) is 17.3. The molecule has 4 N–H and O–H groups in total. The van der Waals surface area contributed by atoms with Gasteiger partial charge in [-0.2, -0.15) is 0 Å².